The minimum absolute atomic E-state index is 0.0391. The lowest BCUT2D eigenvalue weighted by atomic mass is 9.82. The molecule has 0 bridgehead atoms. The van der Waals surface area contributed by atoms with E-state index in [1.54, 1.807) is 24.0 Å². The minimum Gasteiger partial charge on any atom is -0.481 e. The molecule has 0 saturated carbocycles. The smallest absolute Gasteiger partial charge is 0.311 e. The highest BCUT2D eigenvalue weighted by molar-refractivity contribution is 5.81. The first-order chi connectivity index (χ1) is 9.40. The third-order valence-electron chi connectivity index (χ3n) is 3.87. The van der Waals surface area contributed by atoms with Crippen molar-refractivity contribution < 1.29 is 14.7 Å². The maximum Gasteiger partial charge on any atom is 0.311 e. The van der Waals surface area contributed by atoms with E-state index in [1.807, 2.05) is 12.1 Å². The second kappa shape index (κ2) is 5.53. The molecule has 1 fully saturated rings. The highest BCUT2D eigenvalue weighted by atomic mass is 16.4. The highest BCUT2D eigenvalue weighted by Crippen LogP contribution is 2.30. The van der Waals surface area contributed by atoms with Crippen molar-refractivity contribution in [2.45, 2.75) is 26.2 Å². The maximum atomic E-state index is 12.3. The lowest BCUT2D eigenvalue weighted by molar-refractivity contribution is -0.153. The van der Waals surface area contributed by atoms with Crippen LogP contribution in [0.1, 0.15) is 25.3 Å². The van der Waals surface area contributed by atoms with Gasteiger partial charge in [-0.1, -0.05) is 12.1 Å². The first-order valence-electron chi connectivity index (χ1n) is 6.76. The quantitative estimate of drug-likeness (QED) is 0.820. The number of amides is 1. The molecule has 1 heterocycles. The zero-order chi connectivity index (χ0) is 14.8. The van der Waals surface area contributed by atoms with Crippen molar-refractivity contribution in [3.63, 3.8) is 0 Å². The molecule has 0 spiro atoms. The van der Waals surface area contributed by atoms with E-state index in [1.165, 1.54) is 0 Å². The molecule has 1 aromatic rings. The number of carbonyl (C=O) groups is 2. The van der Waals surface area contributed by atoms with Crippen LogP contribution in [0.15, 0.2) is 24.3 Å². The summed E-state index contributed by atoms with van der Waals surface area (Å²) in [5.41, 5.74) is 6.35. The van der Waals surface area contributed by atoms with Crippen molar-refractivity contribution >= 4 is 17.6 Å². The molecule has 2 rings (SSSR count). The molecule has 1 aliphatic heterocycles. The molecule has 5 nitrogen and oxygen atoms in total. The molecule has 108 valence electrons. The second-order valence-corrected chi connectivity index (χ2v) is 5.71. The van der Waals surface area contributed by atoms with Crippen LogP contribution in [-0.2, 0) is 16.0 Å². The largest absolute Gasteiger partial charge is 0.481 e. The monoisotopic (exact) mass is 276 g/mol. The fraction of sp³-hybridized carbons (Fsp3) is 0.467. The predicted molar refractivity (Wildman–Crippen MR) is 76.1 cm³/mol. The Kier molecular flexibility index (Phi) is 3.97. The summed E-state index contributed by atoms with van der Waals surface area (Å²) >= 11 is 0. The zero-order valence-corrected chi connectivity index (χ0v) is 11.6. The van der Waals surface area contributed by atoms with Crippen LogP contribution < -0.4 is 5.73 Å². The van der Waals surface area contributed by atoms with E-state index in [2.05, 4.69) is 0 Å². The third kappa shape index (κ3) is 3.10. The molecule has 0 aromatic heterocycles. The van der Waals surface area contributed by atoms with E-state index in [0.717, 1.165) is 12.0 Å². The second-order valence-electron chi connectivity index (χ2n) is 5.71. The van der Waals surface area contributed by atoms with Gasteiger partial charge in [-0.2, -0.15) is 0 Å². The minimum atomic E-state index is -0.834. The predicted octanol–water partition coefficient (Wildman–Crippen LogP) is 1.52. The lowest BCUT2D eigenvalue weighted by Crippen LogP contribution is -2.48. The first kappa shape index (κ1) is 14.4. The van der Waals surface area contributed by atoms with Gasteiger partial charge in [0, 0.05) is 18.8 Å². The summed E-state index contributed by atoms with van der Waals surface area (Å²) < 4.78 is 0. The molecule has 5 heteroatoms. The molecule has 1 unspecified atom stereocenters. The van der Waals surface area contributed by atoms with Crippen LogP contribution in [0, 0.1) is 5.41 Å². The summed E-state index contributed by atoms with van der Waals surface area (Å²) in [6, 6.07) is 7.22. The Labute approximate surface area is 118 Å². The number of carboxylic acids is 1. The van der Waals surface area contributed by atoms with E-state index >= 15 is 0 Å². The Morgan fingerprint density at radius 3 is 2.85 bits per heavy atom. The van der Waals surface area contributed by atoms with Crippen LogP contribution in [0.5, 0.6) is 0 Å². The number of nitrogens with two attached hydrogens (primary N) is 1. The van der Waals surface area contributed by atoms with Gasteiger partial charge in [-0.3, -0.25) is 9.59 Å². The molecule has 1 aliphatic rings. The lowest BCUT2D eigenvalue weighted by Gasteiger charge is -2.37. The van der Waals surface area contributed by atoms with E-state index in [-0.39, 0.29) is 18.9 Å². The zero-order valence-electron chi connectivity index (χ0n) is 11.6. The van der Waals surface area contributed by atoms with Crippen LogP contribution >= 0.6 is 0 Å². The van der Waals surface area contributed by atoms with Crippen LogP contribution in [-0.4, -0.2) is 35.0 Å². The fourth-order valence-corrected chi connectivity index (χ4v) is 2.62. The van der Waals surface area contributed by atoms with Gasteiger partial charge in [-0.05, 0) is 37.5 Å². The van der Waals surface area contributed by atoms with Crippen molar-refractivity contribution in [1.29, 1.82) is 0 Å². The number of rotatable bonds is 3. The van der Waals surface area contributed by atoms with Gasteiger partial charge in [0.25, 0.3) is 0 Å². The standard InChI is InChI=1S/C15H20N2O3/c1-15(14(19)20)6-3-7-17(10-15)13(18)9-11-4-2-5-12(16)8-11/h2,4-5,8H,3,6-7,9-10,16H2,1H3,(H,19,20). The fourth-order valence-electron chi connectivity index (χ4n) is 2.62. The number of likely N-dealkylation sites (tertiary alicyclic amines) is 1. The summed E-state index contributed by atoms with van der Waals surface area (Å²) in [5.74, 6) is -0.873. The number of carboxylic acid groups (broad SMARTS) is 1. The SMILES string of the molecule is CC1(C(=O)O)CCCN(C(=O)Cc2cccc(N)c2)C1. The van der Waals surface area contributed by atoms with Gasteiger partial charge >= 0.3 is 5.97 Å². The van der Waals surface area contributed by atoms with E-state index in [9.17, 15) is 14.7 Å². The number of piperidine rings is 1. The Balaban J connectivity index is 2.04. The van der Waals surface area contributed by atoms with Crippen LogP contribution in [0.4, 0.5) is 5.69 Å². The van der Waals surface area contributed by atoms with Gasteiger partial charge in [-0.25, -0.2) is 0 Å². The number of benzene rings is 1. The molecule has 1 atom stereocenters. The highest BCUT2D eigenvalue weighted by Gasteiger charge is 2.39. The van der Waals surface area contributed by atoms with Crippen molar-refractivity contribution in [2.24, 2.45) is 5.41 Å². The molecular weight excluding hydrogens is 256 g/mol. The molecule has 20 heavy (non-hydrogen) atoms. The van der Waals surface area contributed by atoms with Gasteiger partial charge in [0.15, 0.2) is 0 Å². The summed E-state index contributed by atoms with van der Waals surface area (Å²) in [6.07, 6.45) is 1.61. The Hall–Kier alpha value is -2.04. The number of anilines is 1. The molecular formula is C15H20N2O3. The first-order valence-corrected chi connectivity index (χ1v) is 6.76. The van der Waals surface area contributed by atoms with Gasteiger partial charge in [0.05, 0.1) is 11.8 Å². The average molecular weight is 276 g/mol. The molecule has 1 saturated heterocycles. The van der Waals surface area contributed by atoms with Crippen molar-refractivity contribution in [2.75, 3.05) is 18.8 Å². The third-order valence-corrected chi connectivity index (χ3v) is 3.87. The Morgan fingerprint density at radius 2 is 2.20 bits per heavy atom. The average Bonchev–Trinajstić information content (AvgIpc) is 2.38. The van der Waals surface area contributed by atoms with Crippen LogP contribution in [0.25, 0.3) is 0 Å². The number of hydrogen-bond acceptors (Lipinski definition) is 3. The van der Waals surface area contributed by atoms with Gasteiger partial charge in [0.1, 0.15) is 0 Å². The summed E-state index contributed by atoms with van der Waals surface area (Å²) in [6.45, 7) is 2.61. The molecule has 0 radical (unpaired) electrons. The molecule has 0 aliphatic carbocycles. The summed E-state index contributed by atoms with van der Waals surface area (Å²) in [5, 5.41) is 9.27. The molecule has 1 amide bonds. The number of carbonyl (C=O) groups excluding carboxylic acids is 1. The Morgan fingerprint density at radius 1 is 1.45 bits per heavy atom. The van der Waals surface area contributed by atoms with E-state index in [0.29, 0.717) is 18.7 Å². The van der Waals surface area contributed by atoms with Crippen LogP contribution in [0.3, 0.4) is 0 Å². The van der Waals surface area contributed by atoms with Crippen LogP contribution in [0.2, 0.25) is 0 Å². The number of aliphatic carboxylic acids is 1. The maximum absolute atomic E-state index is 12.3. The van der Waals surface area contributed by atoms with E-state index < -0.39 is 11.4 Å². The normalized spacial score (nSPS) is 22.6. The summed E-state index contributed by atoms with van der Waals surface area (Å²) in [4.78, 5) is 25.2. The van der Waals surface area contributed by atoms with Crippen molar-refractivity contribution in [3.05, 3.63) is 29.8 Å². The van der Waals surface area contributed by atoms with E-state index in [4.69, 9.17) is 5.73 Å². The van der Waals surface area contributed by atoms with Crippen molar-refractivity contribution in [3.8, 4) is 0 Å². The summed E-state index contributed by atoms with van der Waals surface area (Å²) in [7, 11) is 0. The molecule has 3 N–H and O–H groups in total. The van der Waals surface area contributed by atoms with Gasteiger partial charge in [0.2, 0.25) is 5.91 Å². The topological polar surface area (TPSA) is 83.6 Å². The molecule has 1 aromatic carbocycles. The number of nitrogens with zero attached hydrogens (tertiary/aromatic N) is 1. The number of nitrogen functional groups attached to an aromatic ring is 1. The number of hydrogen-bond donors (Lipinski definition) is 2. The van der Waals surface area contributed by atoms with Gasteiger partial charge < -0.3 is 15.7 Å². The van der Waals surface area contributed by atoms with Gasteiger partial charge in [-0.15, -0.1) is 0 Å². The van der Waals surface area contributed by atoms with Crippen molar-refractivity contribution in [1.82, 2.24) is 4.90 Å². The Bertz CT molecular complexity index is 530.